The molecular weight excluding hydrogens is 140 g/mol. The van der Waals surface area contributed by atoms with E-state index in [1.54, 1.807) is 7.11 Å². The van der Waals surface area contributed by atoms with E-state index < -0.39 is 0 Å². The van der Waals surface area contributed by atoms with Gasteiger partial charge in [-0.05, 0) is 6.08 Å². The lowest BCUT2D eigenvalue weighted by molar-refractivity contribution is 0.164. The molecule has 0 spiro atoms. The van der Waals surface area contributed by atoms with Crippen LogP contribution in [0.3, 0.4) is 0 Å². The Hall–Kier alpha value is -0.800. The van der Waals surface area contributed by atoms with E-state index in [1.165, 1.54) is 0 Å². The molecule has 1 rings (SSSR count). The van der Waals surface area contributed by atoms with Gasteiger partial charge < -0.3 is 16.2 Å². The second kappa shape index (κ2) is 3.55. The van der Waals surface area contributed by atoms with Gasteiger partial charge in [0.15, 0.2) is 0 Å². The van der Waals surface area contributed by atoms with Gasteiger partial charge in [0, 0.05) is 24.8 Å². The monoisotopic (exact) mass is 154 g/mol. The van der Waals surface area contributed by atoms with E-state index in [-0.39, 0.29) is 12.0 Å². The van der Waals surface area contributed by atoms with Crippen molar-refractivity contribution in [1.29, 1.82) is 0 Å². The number of nitrogens with two attached hydrogens (primary N) is 2. The Balaban J connectivity index is 2.58. The first-order valence-corrected chi connectivity index (χ1v) is 3.64. The van der Waals surface area contributed by atoms with Crippen LogP contribution in [0, 0.1) is 5.92 Å². The van der Waals surface area contributed by atoms with Gasteiger partial charge in [-0.1, -0.05) is 12.2 Å². The number of methoxy groups -OCH3 is 1. The van der Waals surface area contributed by atoms with Gasteiger partial charge in [0.1, 0.15) is 0 Å². The molecule has 1 aliphatic carbocycles. The van der Waals surface area contributed by atoms with E-state index in [9.17, 15) is 0 Å². The average molecular weight is 154 g/mol. The second-order valence-corrected chi connectivity index (χ2v) is 2.72. The third-order valence-electron chi connectivity index (χ3n) is 1.77. The topological polar surface area (TPSA) is 61.3 Å². The molecule has 3 heteroatoms. The number of hydrogen-bond donors (Lipinski definition) is 2. The Morgan fingerprint density at radius 1 is 1.64 bits per heavy atom. The lowest BCUT2D eigenvalue weighted by Crippen LogP contribution is -2.32. The maximum Gasteiger partial charge on any atom is 0.0543 e. The van der Waals surface area contributed by atoms with Crippen molar-refractivity contribution in [3.63, 3.8) is 0 Å². The Kier molecular flexibility index (Phi) is 2.68. The van der Waals surface area contributed by atoms with Crippen LogP contribution < -0.4 is 11.5 Å². The van der Waals surface area contributed by atoms with Crippen molar-refractivity contribution in [2.75, 3.05) is 13.7 Å². The predicted octanol–water partition coefficient (Wildman–Crippen LogP) is -0.0113. The van der Waals surface area contributed by atoms with E-state index in [1.807, 2.05) is 18.2 Å². The van der Waals surface area contributed by atoms with Gasteiger partial charge >= 0.3 is 0 Å². The first-order chi connectivity index (χ1) is 5.24. The fourth-order valence-corrected chi connectivity index (χ4v) is 1.13. The lowest BCUT2D eigenvalue weighted by Gasteiger charge is -2.20. The molecule has 0 saturated heterocycles. The molecule has 4 N–H and O–H groups in total. The van der Waals surface area contributed by atoms with Crippen LogP contribution in [0.25, 0.3) is 0 Å². The second-order valence-electron chi connectivity index (χ2n) is 2.72. The Morgan fingerprint density at radius 2 is 2.36 bits per heavy atom. The van der Waals surface area contributed by atoms with Crippen molar-refractivity contribution < 1.29 is 4.74 Å². The number of hydrogen-bond acceptors (Lipinski definition) is 3. The predicted molar refractivity (Wildman–Crippen MR) is 44.8 cm³/mol. The van der Waals surface area contributed by atoms with Crippen LogP contribution in [-0.4, -0.2) is 19.8 Å². The molecule has 3 nitrogen and oxygen atoms in total. The standard InChI is InChI=1S/C8H14N2O/c1-11-5-6-4-7(9)2-3-8(6)10/h2-4,6,8H,5,9-10H2,1H3. The zero-order valence-electron chi connectivity index (χ0n) is 6.66. The van der Waals surface area contributed by atoms with Crippen LogP contribution in [0.2, 0.25) is 0 Å². The SMILES string of the molecule is COCC1C=C(N)C=CC1N. The highest BCUT2D eigenvalue weighted by atomic mass is 16.5. The molecule has 0 aromatic heterocycles. The van der Waals surface area contributed by atoms with Crippen LogP contribution >= 0.6 is 0 Å². The molecule has 0 fully saturated rings. The van der Waals surface area contributed by atoms with Gasteiger partial charge in [-0.2, -0.15) is 0 Å². The van der Waals surface area contributed by atoms with Gasteiger partial charge in [0.05, 0.1) is 6.61 Å². The minimum Gasteiger partial charge on any atom is -0.399 e. The Labute approximate surface area is 66.7 Å². The summed E-state index contributed by atoms with van der Waals surface area (Å²) < 4.78 is 4.99. The quantitative estimate of drug-likeness (QED) is 0.588. The maximum atomic E-state index is 5.76. The van der Waals surface area contributed by atoms with Crippen molar-refractivity contribution in [2.45, 2.75) is 6.04 Å². The van der Waals surface area contributed by atoms with Gasteiger partial charge in [-0.3, -0.25) is 0 Å². The summed E-state index contributed by atoms with van der Waals surface area (Å²) in [6, 6.07) is 0.0437. The minimum atomic E-state index is 0.0437. The molecule has 62 valence electrons. The maximum absolute atomic E-state index is 5.76. The molecule has 0 bridgehead atoms. The molecule has 1 aliphatic rings. The highest BCUT2D eigenvalue weighted by Gasteiger charge is 2.15. The molecule has 0 aliphatic heterocycles. The number of rotatable bonds is 2. The third-order valence-corrected chi connectivity index (χ3v) is 1.77. The van der Waals surface area contributed by atoms with Gasteiger partial charge in [-0.15, -0.1) is 0 Å². The van der Waals surface area contributed by atoms with Crippen LogP contribution in [-0.2, 0) is 4.74 Å². The van der Waals surface area contributed by atoms with E-state index in [4.69, 9.17) is 16.2 Å². The first-order valence-electron chi connectivity index (χ1n) is 3.64. The lowest BCUT2D eigenvalue weighted by atomic mass is 9.95. The van der Waals surface area contributed by atoms with Crippen LogP contribution in [0.5, 0.6) is 0 Å². The zero-order chi connectivity index (χ0) is 8.27. The summed E-state index contributed by atoms with van der Waals surface area (Å²) in [5.41, 5.74) is 12.1. The Bertz CT molecular complexity index is 187. The summed E-state index contributed by atoms with van der Waals surface area (Å²) in [5.74, 6) is 0.227. The minimum absolute atomic E-state index is 0.0437. The molecule has 2 unspecified atom stereocenters. The van der Waals surface area contributed by atoms with Crippen LogP contribution in [0.1, 0.15) is 0 Å². The van der Waals surface area contributed by atoms with Crippen LogP contribution in [0.15, 0.2) is 23.9 Å². The van der Waals surface area contributed by atoms with Gasteiger partial charge in [0.2, 0.25) is 0 Å². The largest absolute Gasteiger partial charge is 0.399 e. The molecular formula is C8H14N2O. The molecule has 0 saturated carbocycles. The van der Waals surface area contributed by atoms with E-state index in [0.717, 1.165) is 5.70 Å². The van der Waals surface area contributed by atoms with Crippen molar-refractivity contribution >= 4 is 0 Å². The van der Waals surface area contributed by atoms with Crippen molar-refractivity contribution in [1.82, 2.24) is 0 Å². The number of allylic oxidation sites excluding steroid dienone is 1. The average Bonchev–Trinajstić information content (AvgIpc) is 1.98. The Morgan fingerprint density at radius 3 is 3.00 bits per heavy atom. The summed E-state index contributed by atoms with van der Waals surface area (Å²) in [6.45, 7) is 0.631. The fraction of sp³-hybridized carbons (Fsp3) is 0.500. The normalized spacial score (nSPS) is 30.2. The summed E-state index contributed by atoms with van der Waals surface area (Å²) in [7, 11) is 1.66. The highest BCUT2D eigenvalue weighted by molar-refractivity contribution is 5.24. The summed E-state index contributed by atoms with van der Waals surface area (Å²) in [5, 5.41) is 0. The van der Waals surface area contributed by atoms with Crippen molar-refractivity contribution in [2.24, 2.45) is 17.4 Å². The summed E-state index contributed by atoms with van der Waals surface area (Å²) >= 11 is 0. The molecule has 2 atom stereocenters. The van der Waals surface area contributed by atoms with E-state index in [2.05, 4.69) is 0 Å². The number of ether oxygens (including phenoxy) is 1. The van der Waals surface area contributed by atoms with Gasteiger partial charge in [0.25, 0.3) is 0 Å². The van der Waals surface area contributed by atoms with Crippen molar-refractivity contribution in [3.8, 4) is 0 Å². The molecule has 0 radical (unpaired) electrons. The smallest absolute Gasteiger partial charge is 0.0543 e. The summed E-state index contributed by atoms with van der Waals surface area (Å²) in [6.07, 6.45) is 5.67. The fourth-order valence-electron chi connectivity index (χ4n) is 1.13. The van der Waals surface area contributed by atoms with Crippen LogP contribution in [0.4, 0.5) is 0 Å². The van der Waals surface area contributed by atoms with Crippen molar-refractivity contribution in [3.05, 3.63) is 23.9 Å². The first kappa shape index (κ1) is 8.30. The molecule has 0 aromatic rings. The van der Waals surface area contributed by atoms with Gasteiger partial charge in [-0.25, -0.2) is 0 Å². The highest BCUT2D eigenvalue weighted by Crippen LogP contribution is 2.12. The van der Waals surface area contributed by atoms with E-state index in [0.29, 0.717) is 6.61 Å². The summed E-state index contributed by atoms with van der Waals surface area (Å²) in [4.78, 5) is 0. The molecule has 0 aromatic carbocycles. The molecule has 11 heavy (non-hydrogen) atoms. The third kappa shape index (κ3) is 2.06. The zero-order valence-corrected chi connectivity index (χ0v) is 6.66. The molecule has 0 heterocycles. The molecule has 0 amide bonds. The van der Waals surface area contributed by atoms with E-state index >= 15 is 0 Å².